The molecule has 0 unspecified atom stereocenters. The predicted molar refractivity (Wildman–Crippen MR) is 112 cm³/mol. The lowest BCUT2D eigenvalue weighted by Gasteiger charge is -2.28. The lowest BCUT2D eigenvalue weighted by atomic mass is 10.0. The summed E-state index contributed by atoms with van der Waals surface area (Å²) in [4.78, 5) is 22.1. The minimum atomic E-state index is -4.80. The summed E-state index contributed by atoms with van der Waals surface area (Å²) in [6, 6.07) is 10.8. The third kappa shape index (κ3) is 5.51. The summed E-state index contributed by atoms with van der Waals surface area (Å²) in [7, 11) is 0. The van der Waals surface area contributed by atoms with Crippen molar-refractivity contribution in [2.45, 2.75) is 32.8 Å². The number of amides is 1. The Balaban J connectivity index is 1.63. The number of hydrogen-bond acceptors (Lipinski definition) is 6. The molecule has 1 aromatic heterocycles. The molecule has 0 atom stereocenters. The quantitative estimate of drug-likeness (QED) is 0.475. The van der Waals surface area contributed by atoms with E-state index in [0.29, 0.717) is 35.7 Å². The maximum Gasteiger partial charge on any atom is 0.573 e. The van der Waals surface area contributed by atoms with Gasteiger partial charge in [0.15, 0.2) is 0 Å². The number of alkyl halides is 3. The van der Waals surface area contributed by atoms with Crippen molar-refractivity contribution >= 4 is 6.09 Å². The van der Waals surface area contributed by atoms with Crippen molar-refractivity contribution in [2.75, 3.05) is 6.61 Å². The first kappa shape index (κ1) is 22.4. The monoisotopic (exact) mass is 459 g/mol. The molecule has 1 aliphatic heterocycles. The number of carbonyl (C=O) groups excluding carboxylic acids is 1. The van der Waals surface area contributed by atoms with E-state index in [1.807, 2.05) is 13.0 Å². The summed E-state index contributed by atoms with van der Waals surface area (Å²) in [5.74, 6) is 0.797. The van der Waals surface area contributed by atoms with E-state index in [-0.39, 0.29) is 24.6 Å². The lowest BCUT2D eigenvalue weighted by Crippen LogP contribution is -2.36. The van der Waals surface area contributed by atoms with E-state index in [1.165, 1.54) is 23.1 Å². The van der Waals surface area contributed by atoms with Crippen molar-refractivity contribution in [1.82, 2.24) is 14.9 Å². The van der Waals surface area contributed by atoms with Gasteiger partial charge in [-0.2, -0.15) is 0 Å². The predicted octanol–water partition coefficient (Wildman–Crippen LogP) is 5.35. The topological polar surface area (TPSA) is 73.8 Å². The summed E-state index contributed by atoms with van der Waals surface area (Å²) < 4.78 is 53.1. The van der Waals surface area contributed by atoms with Crippen LogP contribution in [-0.4, -0.2) is 33.9 Å². The van der Waals surface area contributed by atoms with Gasteiger partial charge >= 0.3 is 12.5 Å². The molecule has 7 nitrogen and oxygen atoms in total. The van der Waals surface area contributed by atoms with Crippen LogP contribution in [0, 0.1) is 0 Å². The molecule has 10 heteroatoms. The lowest BCUT2D eigenvalue weighted by molar-refractivity contribution is -0.274. The molecule has 0 saturated heterocycles. The second-order valence-corrected chi connectivity index (χ2v) is 7.27. The highest BCUT2D eigenvalue weighted by molar-refractivity contribution is 5.77. The number of benzene rings is 2. The minimum absolute atomic E-state index is 0.178. The molecule has 0 radical (unpaired) electrons. The standard InChI is InChI=1S/C23H20F3N3O4/c1-2-10-31-20-12-17(33-23(24,25)26)5-6-18(20)15-4-7-19-16(11-15)13-29(22(30)32-19)14-21-27-8-3-9-28-21/h3-9,11-12H,2,10,13-14H2,1H3. The SMILES string of the molecule is CCCOc1cc(OC(F)(F)F)ccc1-c1ccc2c(c1)CN(Cc1ncccn1)C(=O)O2. The number of ether oxygens (including phenoxy) is 3. The molecule has 0 spiro atoms. The van der Waals surface area contributed by atoms with Gasteiger partial charge in [-0.25, -0.2) is 14.8 Å². The maximum absolute atomic E-state index is 12.6. The van der Waals surface area contributed by atoms with Crippen LogP contribution in [0.5, 0.6) is 17.2 Å². The summed E-state index contributed by atoms with van der Waals surface area (Å²) in [6.07, 6.45) is -1.45. The van der Waals surface area contributed by atoms with Crippen molar-refractivity contribution in [1.29, 1.82) is 0 Å². The largest absolute Gasteiger partial charge is 0.573 e. The van der Waals surface area contributed by atoms with Crippen LogP contribution in [0.3, 0.4) is 0 Å². The van der Waals surface area contributed by atoms with Crippen LogP contribution < -0.4 is 14.2 Å². The fourth-order valence-corrected chi connectivity index (χ4v) is 3.37. The van der Waals surface area contributed by atoms with Crippen LogP contribution in [-0.2, 0) is 13.1 Å². The average Bonchev–Trinajstić information content (AvgIpc) is 2.78. The number of carbonyl (C=O) groups is 1. The minimum Gasteiger partial charge on any atom is -0.493 e. The Bertz CT molecular complexity index is 1140. The molecule has 0 fully saturated rings. The van der Waals surface area contributed by atoms with E-state index < -0.39 is 12.5 Å². The second-order valence-electron chi connectivity index (χ2n) is 7.27. The first-order valence-electron chi connectivity index (χ1n) is 10.2. The third-order valence-electron chi connectivity index (χ3n) is 4.79. The van der Waals surface area contributed by atoms with Crippen molar-refractivity contribution in [2.24, 2.45) is 0 Å². The second kappa shape index (κ2) is 9.35. The Hall–Kier alpha value is -3.82. The molecule has 0 bridgehead atoms. The smallest absolute Gasteiger partial charge is 0.493 e. The first-order chi connectivity index (χ1) is 15.8. The van der Waals surface area contributed by atoms with Crippen LogP contribution >= 0.6 is 0 Å². The molecule has 1 amide bonds. The highest BCUT2D eigenvalue weighted by Gasteiger charge is 2.31. The Kier molecular flexibility index (Phi) is 6.34. The number of halogens is 3. The van der Waals surface area contributed by atoms with Gasteiger partial charge in [0.25, 0.3) is 0 Å². The Labute approximate surface area is 187 Å². The molecule has 1 aliphatic rings. The summed E-state index contributed by atoms with van der Waals surface area (Å²) in [5, 5.41) is 0. The van der Waals surface area contributed by atoms with E-state index in [9.17, 15) is 18.0 Å². The van der Waals surface area contributed by atoms with E-state index in [1.54, 1.807) is 30.6 Å². The molecule has 0 aliphatic carbocycles. The molecule has 2 heterocycles. The zero-order chi connectivity index (χ0) is 23.4. The Morgan fingerprint density at radius 3 is 2.64 bits per heavy atom. The Morgan fingerprint density at radius 1 is 1.12 bits per heavy atom. The highest BCUT2D eigenvalue weighted by Crippen LogP contribution is 2.38. The summed E-state index contributed by atoms with van der Waals surface area (Å²) in [5.41, 5.74) is 2.03. The number of nitrogens with zero attached hydrogens (tertiary/aromatic N) is 3. The first-order valence-corrected chi connectivity index (χ1v) is 10.2. The van der Waals surface area contributed by atoms with Gasteiger partial charge < -0.3 is 14.2 Å². The van der Waals surface area contributed by atoms with E-state index in [0.717, 1.165) is 5.56 Å². The molecular formula is C23H20F3N3O4. The van der Waals surface area contributed by atoms with Crippen molar-refractivity contribution in [3.63, 3.8) is 0 Å². The van der Waals surface area contributed by atoms with Crippen LogP contribution in [0.25, 0.3) is 11.1 Å². The van der Waals surface area contributed by atoms with E-state index in [4.69, 9.17) is 9.47 Å². The molecule has 4 rings (SSSR count). The van der Waals surface area contributed by atoms with Crippen LogP contribution in [0.15, 0.2) is 54.9 Å². The molecule has 0 N–H and O–H groups in total. The van der Waals surface area contributed by atoms with Crippen molar-refractivity contribution < 1.29 is 32.2 Å². The van der Waals surface area contributed by atoms with Gasteiger partial charge in [-0.3, -0.25) is 4.90 Å². The van der Waals surface area contributed by atoms with Crippen LogP contribution in [0.1, 0.15) is 24.7 Å². The van der Waals surface area contributed by atoms with Gasteiger partial charge in [0.1, 0.15) is 23.1 Å². The number of aromatic nitrogens is 2. The van der Waals surface area contributed by atoms with Crippen LogP contribution in [0.4, 0.5) is 18.0 Å². The normalized spacial score (nSPS) is 13.3. The molecule has 172 valence electrons. The fraction of sp³-hybridized carbons (Fsp3) is 0.261. The van der Waals surface area contributed by atoms with E-state index >= 15 is 0 Å². The molecule has 0 saturated carbocycles. The number of fused-ring (bicyclic) bond motifs is 1. The molecule has 3 aromatic rings. The van der Waals surface area contributed by atoms with Gasteiger partial charge in [0, 0.05) is 29.6 Å². The van der Waals surface area contributed by atoms with Gasteiger partial charge in [-0.15, -0.1) is 13.2 Å². The molecule has 33 heavy (non-hydrogen) atoms. The van der Waals surface area contributed by atoms with Gasteiger partial charge in [0.05, 0.1) is 19.7 Å². The Morgan fingerprint density at radius 2 is 1.91 bits per heavy atom. The third-order valence-corrected chi connectivity index (χ3v) is 4.79. The summed E-state index contributed by atoms with van der Waals surface area (Å²) >= 11 is 0. The fourth-order valence-electron chi connectivity index (χ4n) is 3.37. The maximum atomic E-state index is 12.6. The molecular weight excluding hydrogens is 439 g/mol. The van der Waals surface area contributed by atoms with Gasteiger partial charge in [-0.05, 0) is 42.3 Å². The zero-order valence-electron chi connectivity index (χ0n) is 17.6. The van der Waals surface area contributed by atoms with E-state index in [2.05, 4.69) is 14.7 Å². The highest BCUT2D eigenvalue weighted by atomic mass is 19.4. The molecule has 2 aromatic carbocycles. The van der Waals surface area contributed by atoms with Crippen molar-refractivity contribution in [3.05, 3.63) is 66.2 Å². The number of rotatable bonds is 7. The van der Waals surface area contributed by atoms with Gasteiger partial charge in [-0.1, -0.05) is 13.0 Å². The summed E-state index contributed by atoms with van der Waals surface area (Å²) in [6.45, 7) is 2.67. The average molecular weight is 459 g/mol. The van der Waals surface area contributed by atoms with Gasteiger partial charge in [0.2, 0.25) is 0 Å². The van der Waals surface area contributed by atoms with Crippen molar-refractivity contribution in [3.8, 4) is 28.4 Å². The zero-order valence-corrected chi connectivity index (χ0v) is 17.6. The van der Waals surface area contributed by atoms with Crippen LogP contribution in [0.2, 0.25) is 0 Å². The number of hydrogen-bond donors (Lipinski definition) is 0.